The van der Waals surface area contributed by atoms with E-state index in [1.54, 1.807) is 12.1 Å². The lowest BCUT2D eigenvalue weighted by atomic mass is 10.2. The molecule has 2 nitrogen and oxygen atoms in total. The molecule has 0 atom stereocenters. The topological polar surface area (TPSA) is 21.3 Å². The van der Waals surface area contributed by atoms with Crippen LogP contribution in [-0.2, 0) is 6.54 Å². The van der Waals surface area contributed by atoms with Crippen LogP contribution in [0.15, 0.2) is 36.4 Å². The second-order valence-corrected chi connectivity index (χ2v) is 4.77. The van der Waals surface area contributed by atoms with E-state index in [4.69, 9.17) is 27.9 Å². The average molecular weight is 300 g/mol. The maximum atomic E-state index is 12.9. The first-order valence-corrected chi connectivity index (χ1v) is 6.41. The van der Waals surface area contributed by atoms with Crippen molar-refractivity contribution in [2.24, 2.45) is 0 Å². The van der Waals surface area contributed by atoms with Gasteiger partial charge in [-0.3, -0.25) is 0 Å². The minimum Gasteiger partial charge on any atom is -0.456 e. The van der Waals surface area contributed by atoms with Crippen molar-refractivity contribution in [2.75, 3.05) is 7.05 Å². The van der Waals surface area contributed by atoms with E-state index in [0.717, 1.165) is 5.56 Å². The molecular weight excluding hydrogens is 288 g/mol. The van der Waals surface area contributed by atoms with Crippen molar-refractivity contribution in [1.82, 2.24) is 5.32 Å². The third-order valence-electron chi connectivity index (χ3n) is 2.51. The second-order valence-electron chi connectivity index (χ2n) is 3.96. The van der Waals surface area contributed by atoms with Gasteiger partial charge >= 0.3 is 0 Å². The van der Waals surface area contributed by atoms with Crippen LogP contribution in [0.3, 0.4) is 0 Å². The Kier molecular flexibility index (Phi) is 4.64. The molecule has 1 N–H and O–H groups in total. The fourth-order valence-corrected chi connectivity index (χ4v) is 2.05. The van der Waals surface area contributed by atoms with Gasteiger partial charge in [-0.2, -0.15) is 0 Å². The molecule has 0 radical (unpaired) electrons. The Bertz CT molecular complexity index is 590. The first-order valence-electron chi connectivity index (χ1n) is 5.66. The van der Waals surface area contributed by atoms with Crippen LogP contribution in [-0.4, -0.2) is 7.05 Å². The first-order chi connectivity index (χ1) is 9.10. The van der Waals surface area contributed by atoms with Gasteiger partial charge in [-0.15, -0.1) is 0 Å². The number of benzene rings is 2. The van der Waals surface area contributed by atoms with E-state index in [-0.39, 0.29) is 5.02 Å². The lowest BCUT2D eigenvalue weighted by Gasteiger charge is -2.10. The molecule has 0 saturated carbocycles. The van der Waals surface area contributed by atoms with Crippen molar-refractivity contribution < 1.29 is 9.13 Å². The van der Waals surface area contributed by atoms with Crippen molar-refractivity contribution in [1.29, 1.82) is 0 Å². The lowest BCUT2D eigenvalue weighted by Crippen LogP contribution is -2.05. The summed E-state index contributed by atoms with van der Waals surface area (Å²) < 4.78 is 18.5. The smallest absolute Gasteiger partial charge is 0.146 e. The molecule has 0 spiro atoms. The zero-order valence-corrected chi connectivity index (χ0v) is 11.7. The van der Waals surface area contributed by atoms with E-state index >= 15 is 0 Å². The lowest BCUT2D eigenvalue weighted by molar-refractivity contribution is 0.480. The minimum atomic E-state index is -0.403. The molecule has 19 heavy (non-hydrogen) atoms. The molecule has 0 unspecified atom stereocenters. The fourth-order valence-electron chi connectivity index (χ4n) is 1.61. The molecule has 100 valence electrons. The van der Waals surface area contributed by atoms with Gasteiger partial charge < -0.3 is 10.1 Å². The number of hydrogen-bond acceptors (Lipinski definition) is 2. The van der Waals surface area contributed by atoms with Gasteiger partial charge in [0, 0.05) is 11.6 Å². The van der Waals surface area contributed by atoms with Gasteiger partial charge in [0.25, 0.3) is 0 Å². The number of rotatable bonds is 4. The normalized spacial score (nSPS) is 10.5. The summed E-state index contributed by atoms with van der Waals surface area (Å²) in [6.07, 6.45) is 0. The van der Waals surface area contributed by atoms with Gasteiger partial charge in [0.2, 0.25) is 0 Å². The summed E-state index contributed by atoms with van der Waals surface area (Å²) in [4.78, 5) is 0. The van der Waals surface area contributed by atoms with Crippen LogP contribution in [0, 0.1) is 5.82 Å². The SMILES string of the molecule is CNCc1ccc(Oc2ccc(F)cc2Cl)cc1Cl. The van der Waals surface area contributed by atoms with Crippen LogP contribution in [0.4, 0.5) is 4.39 Å². The number of nitrogens with one attached hydrogen (secondary N) is 1. The average Bonchev–Trinajstić information content (AvgIpc) is 2.36. The molecule has 0 heterocycles. The van der Waals surface area contributed by atoms with Crippen LogP contribution in [0.2, 0.25) is 10.0 Å². The van der Waals surface area contributed by atoms with Crippen LogP contribution in [0.1, 0.15) is 5.56 Å². The van der Waals surface area contributed by atoms with Gasteiger partial charge in [-0.05, 0) is 42.9 Å². The van der Waals surface area contributed by atoms with Gasteiger partial charge in [-0.25, -0.2) is 4.39 Å². The molecule has 0 aliphatic rings. The predicted molar refractivity (Wildman–Crippen MR) is 75.7 cm³/mol. The highest BCUT2D eigenvalue weighted by Gasteiger charge is 2.07. The molecule has 0 fully saturated rings. The molecule has 0 aromatic heterocycles. The van der Waals surface area contributed by atoms with Crippen LogP contribution >= 0.6 is 23.2 Å². The number of hydrogen-bond donors (Lipinski definition) is 1. The molecular formula is C14H12Cl2FNO. The quantitative estimate of drug-likeness (QED) is 0.888. The highest BCUT2D eigenvalue weighted by molar-refractivity contribution is 6.32. The van der Waals surface area contributed by atoms with E-state index in [1.165, 1.54) is 18.2 Å². The van der Waals surface area contributed by atoms with Gasteiger partial charge in [-0.1, -0.05) is 29.3 Å². The fraction of sp³-hybridized carbons (Fsp3) is 0.143. The Balaban J connectivity index is 2.21. The van der Waals surface area contributed by atoms with E-state index in [0.29, 0.717) is 23.1 Å². The summed E-state index contributed by atoms with van der Waals surface area (Å²) in [5.41, 5.74) is 0.974. The summed E-state index contributed by atoms with van der Waals surface area (Å²) in [6.45, 7) is 0.677. The first kappa shape index (κ1) is 14.1. The van der Waals surface area contributed by atoms with E-state index in [9.17, 15) is 4.39 Å². The molecule has 0 aliphatic carbocycles. The third kappa shape index (κ3) is 3.60. The van der Waals surface area contributed by atoms with Crippen molar-refractivity contribution in [2.45, 2.75) is 6.54 Å². The maximum absolute atomic E-state index is 12.9. The van der Waals surface area contributed by atoms with E-state index < -0.39 is 5.82 Å². The summed E-state index contributed by atoms with van der Waals surface area (Å²) >= 11 is 12.0. The summed E-state index contributed by atoms with van der Waals surface area (Å²) in [6, 6.07) is 9.33. The minimum absolute atomic E-state index is 0.218. The Hall–Kier alpha value is -1.29. The molecule has 5 heteroatoms. The summed E-state index contributed by atoms with van der Waals surface area (Å²) in [5, 5.41) is 3.84. The Morgan fingerprint density at radius 1 is 1.11 bits per heavy atom. The molecule has 0 aliphatic heterocycles. The highest BCUT2D eigenvalue weighted by Crippen LogP contribution is 2.31. The molecule has 0 bridgehead atoms. The van der Waals surface area contributed by atoms with Crippen LogP contribution in [0.25, 0.3) is 0 Å². The zero-order chi connectivity index (χ0) is 13.8. The van der Waals surface area contributed by atoms with Gasteiger partial charge in [0.05, 0.1) is 5.02 Å². The van der Waals surface area contributed by atoms with Crippen molar-refractivity contribution in [3.05, 3.63) is 57.8 Å². The standard InChI is InChI=1S/C14H12Cl2FNO/c1-18-8-9-2-4-11(7-12(9)15)19-14-5-3-10(17)6-13(14)16/h2-7,18H,8H2,1H3. The monoisotopic (exact) mass is 299 g/mol. The Labute approximate surface area is 121 Å². The number of halogens is 3. The largest absolute Gasteiger partial charge is 0.456 e. The molecule has 0 saturated heterocycles. The third-order valence-corrected chi connectivity index (χ3v) is 3.16. The highest BCUT2D eigenvalue weighted by atomic mass is 35.5. The maximum Gasteiger partial charge on any atom is 0.146 e. The van der Waals surface area contributed by atoms with E-state index in [1.807, 2.05) is 13.1 Å². The second kappa shape index (κ2) is 6.24. The zero-order valence-electron chi connectivity index (χ0n) is 10.2. The summed E-state index contributed by atoms with van der Waals surface area (Å²) in [7, 11) is 1.85. The number of ether oxygens (including phenoxy) is 1. The predicted octanol–water partition coefficient (Wildman–Crippen LogP) is 4.64. The van der Waals surface area contributed by atoms with Crippen LogP contribution < -0.4 is 10.1 Å². The Morgan fingerprint density at radius 3 is 2.53 bits per heavy atom. The Morgan fingerprint density at radius 2 is 1.89 bits per heavy atom. The van der Waals surface area contributed by atoms with Crippen molar-refractivity contribution in [3.63, 3.8) is 0 Å². The molecule has 2 aromatic rings. The molecule has 2 rings (SSSR count). The van der Waals surface area contributed by atoms with Crippen LogP contribution in [0.5, 0.6) is 11.5 Å². The molecule has 2 aromatic carbocycles. The van der Waals surface area contributed by atoms with Crippen molar-refractivity contribution >= 4 is 23.2 Å². The van der Waals surface area contributed by atoms with Gasteiger partial charge in [0.15, 0.2) is 0 Å². The summed E-state index contributed by atoms with van der Waals surface area (Å²) in [5.74, 6) is 0.540. The van der Waals surface area contributed by atoms with E-state index in [2.05, 4.69) is 5.32 Å². The van der Waals surface area contributed by atoms with Crippen molar-refractivity contribution in [3.8, 4) is 11.5 Å². The van der Waals surface area contributed by atoms with Gasteiger partial charge in [0.1, 0.15) is 17.3 Å². The molecule has 0 amide bonds.